The number of carbonyl (C=O) groups is 1. The van der Waals surface area contributed by atoms with E-state index in [1.54, 1.807) is 26.2 Å². The van der Waals surface area contributed by atoms with E-state index in [4.69, 9.17) is 9.47 Å². The van der Waals surface area contributed by atoms with Crippen LogP contribution in [-0.2, 0) is 11.2 Å². The molecule has 0 heterocycles. The third-order valence-electron chi connectivity index (χ3n) is 3.41. The minimum absolute atomic E-state index is 0.381. The first-order chi connectivity index (χ1) is 10.5. The summed E-state index contributed by atoms with van der Waals surface area (Å²) in [6, 6.07) is 13.5. The van der Waals surface area contributed by atoms with Gasteiger partial charge in [0, 0.05) is 5.57 Å². The summed E-state index contributed by atoms with van der Waals surface area (Å²) in [7, 11) is 1.68. The van der Waals surface area contributed by atoms with Gasteiger partial charge in [-0.2, -0.15) is 0 Å². The molecule has 0 fully saturated rings. The van der Waals surface area contributed by atoms with Crippen LogP contribution in [0, 0.1) is 0 Å². The summed E-state index contributed by atoms with van der Waals surface area (Å²) in [5.74, 6) is 1.00. The van der Waals surface area contributed by atoms with Crippen molar-refractivity contribution < 1.29 is 14.3 Å². The first kappa shape index (κ1) is 15.8. The Hall–Kier alpha value is -2.55. The van der Waals surface area contributed by atoms with Gasteiger partial charge >= 0.3 is 5.97 Å². The van der Waals surface area contributed by atoms with Crippen LogP contribution in [0.4, 0.5) is 0 Å². The Morgan fingerprint density at radius 1 is 1.09 bits per heavy atom. The summed E-state index contributed by atoms with van der Waals surface area (Å²) in [6.45, 7) is 7.29. The highest BCUT2D eigenvalue weighted by Crippen LogP contribution is 2.28. The first-order valence-electron chi connectivity index (χ1n) is 7.20. The lowest BCUT2D eigenvalue weighted by atomic mass is 10.0. The average molecular weight is 296 g/mol. The van der Waals surface area contributed by atoms with Crippen LogP contribution >= 0.6 is 0 Å². The van der Waals surface area contributed by atoms with Crippen LogP contribution in [0.5, 0.6) is 11.5 Å². The van der Waals surface area contributed by atoms with Crippen LogP contribution in [0.2, 0.25) is 0 Å². The molecule has 0 bridgehead atoms. The van der Waals surface area contributed by atoms with Gasteiger partial charge in [0.2, 0.25) is 0 Å². The smallest absolute Gasteiger partial charge is 0.338 e. The van der Waals surface area contributed by atoms with E-state index >= 15 is 0 Å². The van der Waals surface area contributed by atoms with Gasteiger partial charge in [0.1, 0.15) is 11.5 Å². The molecular weight excluding hydrogens is 276 g/mol. The van der Waals surface area contributed by atoms with Gasteiger partial charge in [0.25, 0.3) is 0 Å². The minimum Gasteiger partial charge on any atom is -0.496 e. The minimum atomic E-state index is -0.412. The molecule has 0 atom stereocenters. The Balaban J connectivity index is 2.23. The number of carbonyl (C=O) groups excluding carboxylic acids is 1. The number of methoxy groups -OCH3 is 1. The molecule has 2 aromatic carbocycles. The van der Waals surface area contributed by atoms with Crippen LogP contribution in [-0.4, -0.2) is 13.1 Å². The largest absolute Gasteiger partial charge is 0.496 e. The second-order valence-electron chi connectivity index (χ2n) is 5.07. The van der Waals surface area contributed by atoms with E-state index in [1.165, 1.54) is 0 Å². The Morgan fingerprint density at radius 2 is 1.73 bits per heavy atom. The molecule has 0 N–H and O–H groups in total. The molecule has 0 spiro atoms. The molecular formula is C19H20O3. The normalized spacial score (nSPS) is 10.1. The number of esters is 1. The van der Waals surface area contributed by atoms with E-state index in [0.717, 1.165) is 28.9 Å². The summed E-state index contributed by atoms with van der Waals surface area (Å²) < 4.78 is 10.5. The summed E-state index contributed by atoms with van der Waals surface area (Å²) in [5, 5.41) is 0. The molecule has 0 radical (unpaired) electrons. The van der Waals surface area contributed by atoms with Gasteiger partial charge in [-0.25, -0.2) is 4.79 Å². The van der Waals surface area contributed by atoms with Crippen LogP contribution in [0.25, 0.3) is 11.1 Å². The van der Waals surface area contributed by atoms with E-state index in [0.29, 0.717) is 11.3 Å². The molecule has 3 heteroatoms. The van der Waals surface area contributed by atoms with Gasteiger partial charge in [-0.1, -0.05) is 31.7 Å². The van der Waals surface area contributed by atoms with Crippen molar-refractivity contribution in [3.05, 3.63) is 60.2 Å². The number of hydrogen-bond donors (Lipinski definition) is 0. The maximum atomic E-state index is 11.5. The topological polar surface area (TPSA) is 35.5 Å². The lowest BCUT2D eigenvalue weighted by Gasteiger charge is -2.10. The standard InChI is InChI=1S/C19H20O3/c1-5-14-12-16(8-11-18(14)21-4)15-6-9-17(10-7-15)22-19(20)13(2)3/h6-12H,2,5H2,1,3-4H3. The lowest BCUT2D eigenvalue weighted by molar-refractivity contribution is -0.130. The Labute approximate surface area is 131 Å². The van der Waals surface area contributed by atoms with E-state index in [9.17, 15) is 4.79 Å². The zero-order valence-electron chi connectivity index (χ0n) is 13.2. The van der Waals surface area contributed by atoms with E-state index in [1.807, 2.05) is 24.3 Å². The van der Waals surface area contributed by atoms with E-state index in [-0.39, 0.29) is 0 Å². The van der Waals surface area contributed by atoms with Gasteiger partial charge in [-0.05, 0) is 54.3 Å². The zero-order valence-corrected chi connectivity index (χ0v) is 13.2. The van der Waals surface area contributed by atoms with Crippen molar-refractivity contribution in [1.29, 1.82) is 0 Å². The summed E-state index contributed by atoms with van der Waals surface area (Å²) >= 11 is 0. The Kier molecular flexibility index (Phi) is 4.99. The van der Waals surface area contributed by atoms with Gasteiger partial charge in [-0.15, -0.1) is 0 Å². The molecule has 0 amide bonds. The molecule has 114 valence electrons. The summed E-state index contributed by atoms with van der Waals surface area (Å²) in [5.41, 5.74) is 3.72. The number of aryl methyl sites for hydroxylation is 1. The zero-order chi connectivity index (χ0) is 16.1. The number of rotatable bonds is 5. The Morgan fingerprint density at radius 3 is 2.27 bits per heavy atom. The molecule has 0 saturated heterocycles. The van der Waals surface area contributed by atoms with Crippen molar-refractivity contribution in [1.82, 2.24) is 0 Å². The molecule has 2 aromatic rings. The van der Waals surface area contributed by atoms with Crippen molar-refractivity contribution in [2.24, 2.45) is 0 Å². The quantitative estimate of drug-likeness (QED) is 0.466. The number of benzene rings is 2. The molecule has 0 unspecified atom stereocenters. The third-order valence-corrected chi connectivity index (χ3v) is 3.41. The molecule has 0 saturated carbocycles. The van der Waals surface area contributed by atoms with E-state index < -0.39 is 5.97 Å². The fourth-order valence-corrected chi connectivity index (χ4v) is 2.14. The summed E-state index contributed by atoms with van der Waals surface area (Å²) in [4.78, 5) is 11.5. The highest BCUT2D eigenvalue weighted by molar-refractivity contribution is 5.88. The molecule has 0 aliphatic rings. The summed E-state index contributed by atoms with van der Waals surface area (Å²) in [6.07, 6.45) is 0.908. The van der Waals surface area contributed by atoms with E-state index in [2.05, 4.69) is 19.6 Å². The lowest BCUT2D eigenvalue weighted by Crippen LogP contribution is -2.07. The third kappa shape index (κ3) is 3.55. The van der Waals surface area contributed by atoms with Gasteiger partial charge in [0.05, 0.1) is 7.11 Å². The van der Waals surface area contributed by atoms with Crippen molar-refractivity contribution in [2.75, 3.05) is 7.11 Å². The van der Waals surface area contributed by atoms with Crippen molar-refractivity contribution in [3.8, 4) is 22.6 Å². The second-order valence-corrected chi connectivity index (χ2v) is 5.07. The van der Waals surface area contributed by atoms with Gasteiger partial charge < -0.3 is 9.47 Å². The average Bonchev–Trinajstić information content (AvgIpc) is 2.54. The molecule has 22 heavy (non-hydrogen) atoms. The first-order valence-corrected chi connectivity index (χ1v) is 7.20. The Bertz CT molecular complexity index is 684. The highest BCUT2D eigenvalue weighted by Gasteiger charge is 2.07. The fourth-order valence-electron chi connectivity index (χ4n) is 2.14. The van der Waals surface area contributed by atoms with Crippen molar-refractivity contribution in [3.63, 3.8) is 0 Å². The monoisotopic (exact) mass is 296 g/mol. The number of hydrogen-bond acceptors (Lipinski definition) is 3. The maximum Gasteiger partial charge on any atom is 0.338 e. The van der Waals surface area contributed by atoms with Crippen LogP contribution in [0.1, 0.15) is 19.4 Å². The molecule has 0 aliphatic heterocycles. The highest BCUT2D eigenvalue weighted by atomic mass is 16.5. The predicted molar refractivity (Wildman–Crippen MR) is 88.3 cm³/mol. The van der Waals surface area contributed by atoms with Crippen LogP contribution in [0.3, 0.4) is 0 Å². The van der Waals surface area contributed by atoms with Crippen LogP contribution in [0.15, 0.2) is 54.6 Å². The van der Waals surface area contributed by atoms with Crippen molar-refractivity contribution >= 4 is 5.97 Å². The number of ether oxygens (including phenoxy) is 2. The van der Waals surface area contributed by atoms with Crippen molar-refractivity contribution in [2.45, 2.75) is 20.3 Å². The van der Waals surface area contributed by atoms with Gasteiger partial charge in [0.15, 0.2) is 0 Å². The van der Waals surface area contributed by atoms with Gasteiger partial charge in [-0.3, -0.25) is 0 Å². The molecule has 2 rings (SSSR count). The SMILES string of the molecule is C=C(C)C(=O)Oc1ccc(-c2ccc(OC)c(CC)c2)cc1. The molecule has 0 aliphatic carbocycles. The van der Waals surface area contributed by atoms with Crippen LogP contribution < -0.4 is 9.47 Å². The second kappa shape index (κ2) is 6.94. The molecule has 3 nitrogen and oxygen atoms in total. The predicted octanol–water partition coefficient (Wildman–Crippen LogP) is 4.41. The maximum absolute atomic E-state index is 11.5. The fraction of sp³-hybridized carbons (Fsp3) is 0.211. The molecule has 0 aromatic heterocycles.